The Morgan fingerprint density at radius 3 is 2.75 bits per heavy atom. The maximum Gasteiger partial charge on any atom is 0.352 e. The first-order chi connectivity index (χ1) is 11.6. The Morgan fingerprint density at radius 2 is 2.00 bits per heavy atom. The zero-order valence-corrected chi connectivity index (χ0v) is 14.1. The van der Waals surface area contributed by atoms with Crippen LogP contribution in [0.2, 0.25) is 0 Å². The van der Waals surface area contributed by atoms with E-state index in [2.05, 4.69) is 5.10 Å². The van der Waals surface area contributed by atoms with Crippen molar-refractivity contribution in [3.05, 3.63) is 32.3 Å². The molecule has 3 aromatic heterocycles. The number of carbonyl (C=O) groups is 1. The second kappa shape index (κ2) is 5.59. The Kier molecular flexibility index (Phi) is 3.52. The van der Waals surface area contributed by atoms with Gasteiger partial charge in [-0.2, -0.15) is 0 Å². The van der Waals surface area contributed by atoms with E-state index in [1.54, 1.807) is 23.4 Å². The fraction of sp³-hybridized carbons (Fsp3) is 0.467. The molecule has 1 saturated heterocycles. The van der Waals surface area contributed by atoms with Crippen molar-refractivity contribution < 1.29 is 4.79 Å². The number of rotatable bonds is 2. The number of hydrogen-bond acceptors (Lipinski definition) is 5. The van der Waals surface area contributed by atoms with Crippen LogP contribution in [-0.2, 0) is 18.4 Å². The van der Waals surface area contributed by atoms with Crippen LogP contribution in [0.25, 0.3) is 16.0 Å². The predicted molar refractivity (Wildman–Crippen MR) is 90.5 cm³/mol. The second-order valence-corrected chi connectivity index (χ2v) is 6.93. The first-order valence-electron chi connectivity index (χ1n) is 7.91. The molecule has 0 aromatic carbocycles. The molecule has 4 rings (SSSR count). The van der Waals surface area contributed by atoms with E-state index >= 15 is 0 Å². The zero-order valence-electron chi connectivity index (χ0n) is 13.3. The van der Waals surface area contributed by atoms with Gasteiger partial charge < -0.3 is 4.90 Å². The number of hydrogen-bond donors (Lipinski definition) is 0. The quantitative estimate of drug-likeness (QED) is 0.673. The van der Waals surface area contributed by atoms with Gasteiger partial charge in [0.2, 0.25) is 11.7 Å². The molecule has 8 nitrogen and oxygen atoms in total. The number of nitrogens with zero attached hydrogens (tertiary/aromatic N) is 5. The summed E-state index contributed by atoms with van der Waals surface area (Å²) in [5.74, 6) is 0.147. The zero-order chi connectivity index (χ0) is 16.8. The van der Waals surface area contributed by atoms with Crippen molar-refractivity contribution in [2.24, 2.45) is 7.05 Å². The Morgan fingerprint density at radius 1 is 1.25 bits per heavy atom. The number of thiophene rings is 1. The van der Waals surface area contributed by atoms with E-state index in [1.165, 1.54) is 20.3 Å². The Balaban J connectivity index is 1.81. The summed E-state index contributed by atoms with van der Waals surface area (Å²) in [7, 11) is 1.58. The van der Waals surface area contributed by atoms with Gasteiger partial charge in [-0.3, -0.25) is 14.2 Å². The van der Waals surface area contributed by atoms with E-state index in [4.69, 9.17) is 0 Å². The Labute approximate surface area is 140 Å². The average molecular weight is 347 g/mol. The lowest BCUT2D eigenvalue weighted by atomic mass is 10.1. The smallest absolute Gasteiger partial charge is 0.341 e. The molecule has 9 heteroatoms. The van der Waals surface area contributed by atoms with E-state index in [9.17, 15) is 14.4 Å². The number of piperidine rings is 1. The van der Waals surface area contributed by atoms with Gasteiger partial charge in [-0.1, -0.05) is 0 Å². The maximum atomic E-state index is 12.7. The number of aryl methyl sites for hydroxylation is 1. The van der Waals surface area contributed by atoms with Crippen molar-refractivity contribution in [1.82, 2.24) is 23.6 Å². The molecule has 0 N–H and O–H groups in total. The molecule has 0 aliphatic carbocycles. The molecule has 0 bridgehead atoms. The molecule has 1 fully saturated rings. The lowest BCUT2D eigenvalue weighted by molar-refractivity contribution is -0.132. The van der Waals surface area contributed by atoms with Crippen molar-refractivity contribution in [3.63, 3.8) is 0 Å². The lowest BCUT2D eigenvalue weighted by Gasteiger charge is -2.26. The molecule has 1 aliphatic heterocycles. The summed E-state index contributed by atoms with van der Waals surface area (Å²) in [5.41, 5.74) is -0.0406. The van der Waals surface area contributed by atoms with Crippen molar-refractivity contribution in [1.29, 1.82) is 0 Å². The molecule has 0 atom stereocenters. The van der Waals surface area contributed by atoms with Gasteiger partial charge in [0, 0.05) is 20.1 Å². The molecule has 3 aromatic rings. The third-order valence-corrected chi connectivity index (χ3v) is 5.39. The van der Waals surface area contributed by atoms with Crippen LogP contribution in [0, 0.1) is 0 Å². The van der Waals surface area contributed by atoms with Gasteiger partial charge in [-0.25, -0.2) is 13.9 Å². The molecule has 0 saturated carbocycles. The second-order valence-electron chi connectivity index (χ2n) is 6.02. The van der Waals surface area contributed by atoms with Gasteiger partial charge in [0.25, 0.3) is 5.56 Å². The van der Waals surface area contributed by atoms with Crippen LogP contribution in [0.5, 0.6) is 0 Å². The van der Waals surface area contributed by atoms with E-state index in [0.29, 0.717) is 10.2 Å². The largest absolute Gasteiger partial charge is 0.352 e. The number of amides is 1. The van der Waals surface area contributed by atoms with Crippen molar-refractivity contribution in [3.8, 4) is 0 Å². The topological polar surface area (TPSA) is 81.6 Å². The van der Waals surface area contributed by atoms with Crippen LogP contribution >= 0.6 is 11.3 Å². The summed E-state index contributed by atoms with van der Waals surface area (Å²) in [5, 5.41) is 6.00. The van der Waals surface area contributed by atoms with Gasteiger partial charge >= 0.3 is 5.69 Å². The molecule has 24 heavy (non-hydrogen) atoms. The fourth-order valence-electron chi connectivity index (χ4n) is 3.18. The molecule has 1 aliphatic rings. The van der Waals surface area contributed by atoms with Crippen LogP contribution in [-0.4, -0.2) is 42.6 Å². The van der Waals surface area contributed by atoms with Crippen LogP contribution in [0.4, 0.5) is 0 Å². The van der Waals surface area contributed by atoms with Crippen molar-refractivity contribution in [2.45, 2.75) is 25.8 Å². The molecule has 4 heterocycles. The standard InChI is InChI=1S/C15H17N5O3S/c1-17-13(22)12-10(5-8-24-12)20-14(17)16-19(15(20)23)9-11(21)18-6-3-2-4-7-18/h5,8H,2-4,6-7,9H2,1H3. The van der Waals surface area contributed by atoms with E-state index in [-0.39, 0.29) is 23.8 Å². The number of fused-ring (bicyclic) bond motifs is 3. The summed E-state index contributed by atoms with van der Waals surface area (Å²) in [4.78, 5) is 39.2. The third-order valence-electron chi connectivity index (χ3n) is 4.50. The number of carbonyl (C=O) groups excluding carboxylic acids is 1. The molecular formula is C15H17N5O3S. The first kappa shape index (κ1) is 15.1. The van der Waals surface area contributed by atoms with E-state index in [1.807, 2.05) is 0 Å². The van der Waals surface area contributed by atoms with Gasteiger partial charge in [0.15, 0.2) is 0 Å². The van der Waals surface area contributed by atoms with Crippen LogP contribution in [0.15, 0.2) is 21.0 Å². The Bertz CT molecular complexity index is 1050. The summed E-state index contributed by atoms with van der Waals surface area (Å²) in [6, 6.07) is 1.73. The van der Waals surface area contributed by atoms with Crippen molar-refractivity contribution >= 4 is 33.2 Å². The third kappa shape index (κ3) is 2.19. The predicted octanol–water partition coefficient (Wildman–Crippen LogP) is 0.422. The average Bonchev–Trinajstić information content (AvgIpc) is 3.19. The van der Waals surface area contributed by atoms with Gasteiger partial charge in [-0.15, -0.1) is 16.4 Å². The van der Waals surface area contributed by atoms with Gasteiger partial charge in [0.05, 0.1) is 5.52 Å². The summed E-state index contributed by atoms with van der Waals surface area (Å²) in [6.07, 6.45) is 3.13. The molecule has 0 unspecified atom stereocenters. The van der Waals surface area contributed by atoms with Gasteiger partial charge in [0.1, 0.15) is 11.2 Å². The number of likely N-dealkylation sites (tertiary alicyclic amines) is 1. The summed E-state index contributed by atoms with van der Waals surface area (Å²) >= 11 is 1.29. The van der Waals surface area contributed by atoms with E-state index < -0.39 is 5.69 Å². The highest BCUT2D eigenvalue weighted by Crippen LogP contribution is 2.16. The normalized spacial score (nSPS) is 15.5. The van der Waals surface area contributed by atoms with E-state index in [0.717, 1.165) is 37.0 Å². The molecule has 126 valence electrons. The highest BCUT2D eigenvalue weighted by molar-refractivity contribution is 7.17. The Hall–Kier alpha value is -2.42. The SMILES string of the molecule is Cn1c(=O)c2sccc2n2c(=O)n(CC(=O)N3CCCCC3)nc12. The minimum atomic E-state index is -0.394. The molecule has 0 radical (unpaired) electrons. The first-order valence-corrected chi connectivity index (χ1v) is 8.79. The summed E-state index contributed by atoms with van der Waals surface area (Å²) < 4.78 is 4.41. The molecular weight excluding hydrogens is 330 g/mol. The van der Waals surface area contributed by atoms with Crippen LogP contribution in [0.3, 0.4) is 0 Å². The molecule has 1 amide bonds. The summed E-state index contributed by atoms with van der Waals surface area (Å²) in [6.45, 7) is 1.36. The minimum Gasteiger partial charge on any atom is -0.341 e. The van der Waals surface area contributed by atoms with Crippen LogP contribution in [0.1, 0.15) is 19.3 Å². The van der Waals surface area contributed by atoms with Gasteiger partial charge in [-0.05, 0) is 30.7 Å². The highest BCUT2D eigenvalue weighted by Gasteiger charge is 2.21. The maximum absolute atomic E-state index is 12.7. The lowest BCUT2D eigenvalue weighted by Crippen LogP contribution is -2.39. The monoisotopic (exact) mass is 347 g/mol. The highest BCUT2D eigenvalue weighted by atomic mass is 32.1. The fourth-order valence-corrected chi connectivity index (χ4v) is 4.03. The molecule has 0 spiro atoms. The van der Waals surface area contributed by atoms with Crippen LogP contribution < -0.4 is 11.2 Å². The van der Waals surface area contributed by atoms with Crippen molar-refractivity contribution in [2.75, 3.05) is 13.1 Å². The number of aromatic nitrogens is 4. The minimum absolute atomic E-state index is 0.0969.